The molecule has 0 aromatic heterocycles. The van der Waals surface area contributed by atoms with E-state index < -0.39 is 6.04 Å². The van der Waals surface area contributed by atoms with Crippen LogP contribution in [0.5, 0.6) is 0 Å². The molecule has 1 aliphatic carbocycles. The Kier molecular flexibility index (Phi) is 4.46. The van der Waals surface area contributed by atoms with Crippen LogP contribution < -0.4 is 5.32 Å². The minimum absolute atomic E-state index is 0.0151. The molecule has 3 rings (SSSR count). The Bertz CT molecular complexity index is 654. The zero-order chi connectivity index (χ0) is 16.4. The number of hydrogen-bond donors (Lipinski definition) is 1. The van der Waals surface area contributed by atoms with Crippen molar-refractivity contribution in [2.24, 2.45) is 0 Å². The van der Waals surface area contributed by atoms with E-state index in [-0.39, 0.29) is 23.9 Å². The van der Waals surface area contributed by atoms with E-state index in [9.17, 15) is 14.4 Å². The first kappa shape index (κ1) is 15.7. The van der Waals surface area contributed by atoms with Crippen LogP contribution in [0.1, 0.15) is 54.9 Å². The maximum atomic E-state index is 12.6. The summed E-state index contributed by atoms with van der Waals surface area (Å²) in [5, 5.41) is 3.32. The SMILES string of the molecule is CCCNc1ccc2c(c1)CN(C1CCC(=O)CCC1=O)C2=O. The van der Waals surface area contributed by atoms with E-state index in [0.29, 0.717) is 31.4 Å². The molecule has 5 nitrogen and oxygen atoms in total. The maximum absolute atomic E-state index is 12.6. The van der Waals surface area contributed by atoms with Gasteiger partial charge in [0.1, 0.15) is 5.78 Å². The summed E-state index contributed by atoms with van der Waals surface area (Å²) in [4.78, 5) is 38.1. The van der Waals surface area contributed by atoms with E-state index in [4.69, 9.17) is 0 Å². The summed E-state index contributed by atoms with van der Waals surface area (Å²) in [6, 6.07) is 5.29. The predicted octanol–water partition coefficient (Wildman–Crippen LogP) is 2.55. The molecule has 5 heteroatoms. The number of fused-ring (bicyclic) bond motifs is 1. The summed E-state index contributed by atoms with van der Waals surface area (Å²) in [6.45, 7) is 3.45. The summed E-state index contributed by atoms with van der Waals surface area (Å²) in [7, 11) is 0. The number of rotatable bonds is 4. The van der Waals surface area contributed by atoms with Gasteiger partial charge in [-0.2, -0.15) is 0 Å². The van der Waals surface area contributed by atoms with Crippen LogP contribution in [0, 0.1) is 0 Å². The number of anilines is 1. The van der Waals surface area contributed by atoms with Crippen LogP contribution in [0.2, 0.25) is 0 Å². The van der Waals surface area contributed by atoms with Crippen molar-refractivity contribution in [2.75, 3.05) is 11.9 Å². The Hall–Kier alpha value is -2.17. The molecule has 1 heterocycles. The third kappa shape index (κ3) is 3.14. The highest BCUT2D eigenvalue weighted by atomic mass is 16.2. The van der Waals surface area contributed by atoms with Gasteiger partial charge in [0.05, 0.1) is 6.04 Å². The van der Waals surface area contributed by atoms with Crippen LogP contribution in [0.3, 0.4) is 0 Å². The lowest BCUT2D eigenvalue weighted by Gasteiger charge is -2.25. The predicted molar refractivity (Wildman–Crippen MR) is 87.4 cm³/mol. The molecule has 0 bridgehead atoms. The van der Waals surface area contributed by atoms with Crippen molar-refractivity contribution in [3.63, 3.8) is 0 Å². The van der Waals surface area contributed by atoms with E-state index in [2.05, 4.69) is 12.2 Å². The molecule has 1 amide bonds. The van der Waals surface area contributed by atoms with E-state index >= 15 is 0 Å². The van der Waals surface area contributed by atoms with Crippen molar-refractivity contribution in [3.8, 4) is 0 Å². The first-order valence-electron chi connectivity index (χ1n) is 8.32. The van der Waals surface area contributed by atoms with Gasteiger partial charge in [0.15, 0.2) is 5.78 Å². The molecular formula is C18H22N2O3. The van der Waals surface area contributed by atoms with Crippen molar-refractivity contribution in [2.45, 2.75) is 51.6 Å². The van der Waals surface area contributed by atoms with Crippen LogP contribution in [-0.4, -0.2) is 35.0 Å². The zero-order valence-corrected chi connectivity index (χ0v) is 13.4. The fourth-order valence-corrected chi connectivity index (χ4v) is 3.32. The summed E-state index contributed by atoms with van der Waals surface area (Å²) in [6.07, 6.45) is 2.45. The highest BCUT2D eigenvalue weighted by molar-refractivity contribution is 6.02. The number of nitrogens with zero attached hydrogens (tertiary/aromatic N) is 1. The molecule has 2 aliphatic rings. The van der Waals surface area contributed by atoms with Gasteiger partial charge in [-0.15, -0.1) is 0 Å². The van der Waals surface area contributed by atoms with Gasteiger partial charge < -0.3 is 10.2 Å². The Morgan fingerprint density at radius 2 is 2.00 bits per heavy atom. The van der Waals surface area contributed by atoms with Gasteiger partial charge in [0, 0.05) is 43.6 Å². The minimum Gasteiger partial charge on any atom is -0.385 e. The highest BCUT2D eigenvalue weighted by Crippen LogP contribution is 2.30. The number of nitrogens with one attached hydrogen (secondary N) is 1. The standard InChI is InChI=1S/C18H22N2O3/c1-2-9-19-13-3-6-15-12(10-13)11-20(18(15)23)16-7-4-14(21)5-8-17(16)22/h3,6,10,16,19H,2,4-5,7-9,11H2,1H3. The molecule has 0 saturated heterocycles. The van der Waals surface area contributed by atoms with Crippen molar-refractivity contribution in [1.29, 1.82) is 0 Å². The van der Waals surface area contributed by atoms with Crippen LogP contribution in [0.15, 0.2) is 18.2 Å². The van der Waals surface area contributed by atoms with E-state index in [1.54, 1.807) is 4.90 Å². The molecule has 1 aromatic carbocycles. The number of carbonyl (C=O) groups excluding carboxylic acids is 3. The quantitative estimate of drug-likeness (QED) is 0.867. The molecule has 1 aromatic rings. The van der Waals surface area contributed by atoms with Gasteiger partial charge >= 0.3 is 0 Å². The molecule has 1 N–H and O–H groups in total. The van der Waals surface area contributed by atoms with Crippen molar-refractivity contribution in [3.05, 3.63) is 29.3 Å². The Morgan fingerprint density at radius 1 is 1.17 bits per heavy atom. The topological polar surface area (TPSA) is 66.5 Å². The average Bonchev–Trinajstić information content (AvgIpc) is 2.77. The Balaban J connectivity index is 1.79. The number of carbonyl (C=O) groups is 3. The zero-order valence-electron chi connectivity index (χ0n) is 13.4. The number of hydrogen-bond acceptors (Lipinski definition) is 4. The third-order valence-electron chi connectivity index (χ3n) is 4.61. The molecule has 122 valence electrons. The first-order chi connectivity index (χ1) is 11.1. The van der Waals surface area contributed by atoms with Gasteiger partial charge in [0.25, 0.3) is 5.91 Å². The minimum atomic E-state index is -0.451. The molecule has 1 atom stereocenters. The van der Waals surface area contributed by atoms with Gasteiger partial charge in [-0.25, -0.2) is 0 Å². The van der Waals surface area contributed by atoms with Crippen molar-refractivity contribution >= 4 is 23.2 Å². The molecule has 0 radical (unpaired) electrons. The van der Waals surface area contributed by atoms with E-state index in [1.165, 1.54) is 0 Å². The molecule has 23 heavy (non-hydrogen) atoms. The van der Waals surface area contributed by atoms with Crippen LogP contribution in [0.25, 0.3) is 0 Å². The van der Waals surface area contributed by atoms with Crippen LogP contribution >= 0.6 is 0 Å². The van der Waals surface area contributed by atoms with Gasteiger partial charge in [0.2, 0.25) is 0 Å². The second-order valence-electron chi connectivity index (χ2n) is 6.29. The molecule has 1 unspecified atom stereocenters. The summed E-state index contributed by atoms with van der Waals surface area (Å²) in [5.74, 6) is 0.0483. The molecule has 1 saturated carbocycles. The van der Waals surface area contributed by atoms with Gasteiger partial charge in [-0.05, 0) is 36.6 Å². The van der Waals surface area contributed by atoms with Gasteiger partial charge in [-0.3, -0.25) is 14.4 Å². The fraction of sp³-hybridized carbons (Fsp3) is 0.500. The number of ketones is 2. The maximum Gasteiger partial charge on any atom is 0.255 e. The van der Waals surface area contributed by atoms with E-state index in [0.717, 1.165) is 24.2 Å². The molecule has 0 spiro atoms. The number of amides is 1. The highest BCUT2D eigenvalue weighted by Gasteiger charge is 2.37. The van der Waals surface area contributed by atoms with Crippen molar-refractivity contribution in [1.82, 2.24) is 4.90 Å². The first-order valence-corrected chi connectivity index (χ1v) is 8.32. The third-order valence-corrected chi connectivity index (χ3v) is 4.61. The van der Waals surface area contributed by atoms with Crippen LogP contribution in [0.4, 0.5) is 5.69 Å². The Morgan fingerprint density at radius 3 is 2.78 bits per heavy atom. The molecular weight excluding hydrogens is 292 g/mol. The lowest BCUT2D eigenvalue weighted by Crippen LogP contribution is -2.40. The van der Waals surface area contributed by atoms with Gasteiger partial charge in [-0.1, -0.05) is 6.92 Å². The normalized spacial score (nSPS) is 21.3. The van der Waals surface area contributed by atoms with Crippen molar-refractivity contribution < 1.29 is 14.4 Å². The molecule has 1 fully saturated rings. The number of benzene rings is 1. The smallest absolute Gasteiger partial charge is 0.255 e. The molecule has 1 aliphatic heterocycles. The second kappa shape index (κ2) is 6.52. The lowest BCUT2D eigenvalue weighted by molar-refractivity contribution is -0.124. The second-order valence-corrected chi connectivity index (χ2v) is 6.29. The summed E-state index contributed by atoms with van der Waals surface area (Å²) in [5.41, 5.74) is 2.64. The van der Waals surface area contributed by atoms with E-state index in [1.807, 2.05) is 18.2 Å². The largest absolute Gasteiger partial charge is 0.385 e. The monoisotopic (exact) mass is 314 g/mol. The summed E-state index contributed by atoms with van der Waals surface area (Å²) < 4.78 is 0. The lowest BCUT2D eigenvalue weighted by atomic mass is 10.1. The fourth-order valence-electron chi connectivity index (χ4n) is 3.32. The summed E-state index contributed by atoms with van der Waals surface area (Å²) >= 11 is 0. The average molecular weight is 314 g/mol. The Labute approximate surface area is 136 Å². The van der Waals surface area contributed by atoms with Crippen LogP contribution in [-0.2, 0) is 16.1 Å². The number of Topliss-reactive ketones (excluding diaryl/α,β-unsaturated/α-hetero) is 2.